The van der Waals surface area contributed by atoms with E-state index in [-0.39, 0.29) is 17.1 Å². The van der Waals surface area contributed by atoms with Gasteiger partial charge in [-0.3, -0.25) is 4.79 Å². The molecule has 0 saturated heterocycles. The van der Waals surface area contributed by atoms with Crippen LogP contribution in [0, 0.1) is 11.3 Å². The Hall–Kier alpha value is -3.58. The van der Waals surface area contributed by atoms with Crippen molar-refractivity contribution in [1.29, 1.82) is 5.26 Å². The number of amides is 1. The predicted molar refractivity (Wildman–Crippen MR) is 95.6 cm³/mol. The number of ether oxygens (including phenoxy) is 1. The zero-order valence-corrected chi connectivity index (χ0v) is 14.6. The second-order valence-corrected chi connectivity index (χ2v) is 4.62. The SMILES string of the molecule is C=COc1cc(Nc2cnc(C#N)cn2)nnc1C(=O)NC.CCCN. The summed E-state index contributed by atoms with van der Waals surface area (Å²) in [5, 5.41) is 21.6. The lowest BCUT2D eigenvalue weighted by Crippen LogP contribution is -2.20. The van der Waals surface area contributed by atoms with Crippen molar-refractivity contribution >= 4 is 17.5 Å². The van der Waals surface area contributed by atoms with Crippen LogP contribution in [0.4, 0.5) is 11.6 Å². The van der Waals surface area contributed by atoms with Gasteiger partial charge in [-0.15, -0.1) is 10.2 Å². The molecule has 26 heavy (non-hydrogen) atoms. The van der Waals surface area contributed by atoms with Crippen molar-refractivity contribution in [3.05, 3.63) is 42.7 Å². The highest BCUT2D eigenvalue weighted by Gasteiger charge is 2.15. The molecule has 2 aromatic rings. The molecule has 0 aliphatic rings. The molecule has 0 aliphatic carbocycles. The molecule has 2 aromatic heterocycles. The van der Waals surface area contributed by atoms with Gasteiger partial charge in [0, 0.05) is 13.1 Å². The molecule has 0 fully saturated rings. The Bertz CT molecular complexity index is 769. The summed E-state index contributed by atoms with van der Waals surface area (Å²) >= 11 is 0. The van der Waals surface area contributed by atoms with Crippen molar-refractivity contribution in [2.24, 2.45) is 5.73 Å². The Morgan fingerprint density at radius 2 is 2.12 bits per heavy atom. The van der Waals surface area contributed by atoms with Gasteiger partial charge in [-0.1, -0.05) is 13.5 Å². The lowest BCUT2D eigenvalue weighted by atomic mass is 10.3. The van der Waals surface area contributed by atoms with E-state index >= 15 is 0 Å². The number of hydrogen-bond acceptors (Lipinski definition) is 9. The summed E-state index contributed by atoms with van der Waals surface area (Å²) in [7, 11) is 1.47. The van der Waals surface area contributed by atoms with E-state index < -0.39 is 5.91 Å². The van der Waals surface area contributed by atoms with E-state index in [4.69, 9.17) is 15.7 Å². The van der Waals surface area contributed by atoms with Gasteiger partial charge in [0.15, 0.2) is 23.0 Å². The van der Waals surface area contributed by atoms with E-state index in [0.717, 1.165) is 13.0 Å². The number of nitriles is 1. The van der Waals surface area contributed by atoms with Crippen LogP contribution >= 0.6 is 0 Å². The molecule has 0 bridgehead atoms. The van der Waals surface area contributed by atoms with E-state index in [2.05, 4.69) is 44.3 Å². The maximum atomic E-state index is 11.6. The Labute approximate surface area is 151 Å². The topological polar surface area (TPSA) is 152 Å². The Morgan fingerprint density at radius 3 is 2.62 bits per heavy atom. The first kappa shape index (κ1) is 20.5. The van der Waals surface area contributed by atoms with E-state index in [1.54, 1.807) is 0 Å². The third-order valence-corrected chi connectivity index (χ3v) is 2.72. The Balaban J connectivity index is 0.000000765. The van der Waals surface area contributed by atoms with Crippen molar-refractivity contribution in [2.45, 2.75) is 13.3 Å². The summed E-state index contributed by atoms with van der Waals surface area (Å²) in [6, 6.07) is 3.34. The van der Waals surface area contributed by atoms with Crippen LogP contribution in [-0.2, 0) is 0 Å². The van der Waals surface area contributed by atoms with Gasteiger partial charge in [0.05, 0.1) is 18.7 Å². The smallest absolute Gasteiger partial charge is 0.275 e. The minimum atomic E-state index is -0.436. The molecule has 0 spiro atoms. The number of carbonyl (C=O) groups is 1. The lowest BCUT2D eigenvalue weighted by Gasteiger charge is -2.08. The summed E-state index contributed by atoms with van der Waals surface area (Å²) in [4.78, 5) is 19.5. The van der Waals surface area contributed by atoms with Crippen LogP contribution in [0.1, 0.15) is 29.5 Å². The average molecular weight is 356 g/mol. The third kappa shape index (κ3) is 6.14. The van der Waals surface area contributed by atoms with Gasteiger partial charge in [-0.25, -0.2) is 9.97 Å². The molecule has 0 aliphatic heterocycles. The van der Waals surface area contributed by atoms with Crippen LogP contribution in [0.2, 0.25) is 0 Å². The molecule has 4 N–H and O–H groups in total. The van der Waals surface area contributed by atoms with Gasteiger partial charge < -0.3 is 21.1 Å². The number of nitrogens with one attached hydrogen (secondary N) is 2. The lowest BCUT2D eigenvalue weighted by molar-refractivity contribution is 0.0954. The van der Waals surface area contributed by atoms with Gasteiger partial charge in [-0.2, -0.15) is 5.26 Å². The van der Waals surface area contributed by atoms with Crippen LogP contribution in [0.5, 0.6) is 5.75 Å². The number of hydrogen-bond donors (Lipinski definition) is 3. The number of carbonyl (C=O) groups excluding carboxylic acids is 1. The Morgan fingerprint density at radius 1 is 1.38 bits per heavy atom. The number of nitrogens with two attached hydrogens (primary N) is 1. The maximum Gasteiger partial charge on any atom is 0.275 e. The molecule has 0 saturated carbocycles. The first-order valence-corrected chi connectivity index (χ1v) is 7.66. The summed E-state index contributed by atoms with van der Waals surface area (Å²) in [5.74, 6) is 0.413. The molecular weight excluding hydrogens is 336 g/mol. The standard InChI is InChI=1S/C13H11N7O2.C3H9N/c1-3-22-9-4-10(19-20-12(9)13(21)15-2)18-11-7-16-8(5-14)6-17-11;1-2-3-4/h3-4,6-7H,1H2,2H3,(H,15,21)(H,17,18,19);2-4H2,1H3. The van der Waals surface area contributed by atoms with Gasteiger partial charge in [-0.05, 0) is 13.0 Å². The quantitative estimate of drug-likeness (QED) is 0.646. The molecule has 0 radical (unpaired) electrons. The molecule has 10 heteroatoms. The summed E-state index contributed by atoms with van der Waals surface area (Å²) in [5.41, 5.74) is 5.25. The van der Waals surface area contributed by atoms with Crippen LogP contribution in [0.15, 0.2) is 31.3 Å². The Kier molecular flexibility index (Phi) is 8.70. The minimum Gasteiger partial charge on any atom is -0.463 e. The van der Waals surface area contributed by atoms with Gasteiger partial charge in [0.1, 0.15) is 11.9 Å². The summed E-state index contributed by atoms with van der Waals surface area (Å²) < 4.78 is 5.16. The summed E-state index contributed by atoms with van der Waals surface area (Å²) in [6.45, 7) is 6.31. The van der Waals surface area contributed by atoms with Crippen molar-refractivity contribution in [3.8, 4) is 11.8 Å². The fourth-order valence-electron chi connectivity index (χ4n) is 1.47. The molecule has 136 valence electrons. The molecule has 0 atom stereocenters. The molecule has 1 amide bonds. The fourth-order valence-corrected chi connectivity index (χ4v) is 1.47. The molecule has 0 aromatic carbocycles. The van der Waals surface area contributed by atoms with Crippen molar-refractivity contribution in [2.75, 3.05) is 18.9 Å². The first-order chi connectivity index (χ1) is 12.6. The number of rotatable bonds is 6. The van der Waals surface area contributed by atoms with Crippen LogP contribution in [0.3, 0.4) is 0 Å². The van der Waals surface area contributed by atoms with E-state index in [1.165, 1.54) is 31.8 Å². The predicted octanol–water partition coefficient (Wildman–Crippen LogP) is 1.12. The number of aromatic nitrogens is 4. The number of anilines is 2. The normalized spacial score (nSPS) is 9.15. The van der Waals surface area contributed by atoms with Gasteiger partial charge >= 0.3 is 0 Å². The minimum absolute atomic E-state index is 0.0267. The number of nitrogens with zero attached hydrogens (tertiary/aromatic N) is 5. The maximum absolute atomic E-state index is 11.6. The monoisotopic (exact) mass is 356 g/mol. The molecule has 2 heterocycles. The van der Waals surface area contributed by atoms with E-state index in [9.17, 15) is 4.79 Å². The molecule has 0 unspecified atom stereocenters. The molecular formula is C16H20N8O2. The highest BCUT2D eigenvalue weighted by molar-refractivity contribution is 5.94. The van der Waals surface area contributed by atoms with Gasteiger partial charge in [0.2, 0.25) is 0 Å². The average Bonchev–Trinajstić information content (AvgIpc) is 2.68. The van der Waals surface area contributed by atoms with Gasteiger partial charge in [0.25, 0.3) is 5.91 Å². The van der Waals surface area contributed by atoms with E-state index in [1.807, 2.05) is 6.07 Å². The zero-order valence-electron chi connectivity index (χ0n) is 14.6. The highest BCUT2D eigenvalue weighted by atomic mass is 16.5. The first-order valence-electron chi connectivity index (χ1n) is 7.66. The third-order valence-electron chi connectivity index (χ3n) is 2.72. The second-order valence-electron chi connectivity index (χ2n) is 4.62. The second kappa shape index (κ2) is 11.1. The van der Waals surface area contributed by atoms with Crippen molar-refractivity contribution in [3.63, 3.8) is 0 Å². The fraction of sp³-hybridized carbons (Fsp3) is 0.250. The van der Waals surface area contributed by atoms with Crippen LogP contribution < -0.4 is 21.1 Å². The van der Waals surface area contributed by atoms with Crippen LogP contribution in [-0.4, -0.2) is 39.7 Å². The van der Waals surface area contributed by atoms with E-state index in [0.29, 0.717) is 11.6 Å². The van der Waals surface area contributed by atoms with Crippen molar-refractivity contribution < 1.29 is 9.53 Å². The highest BCUT2D eigenvalue weighted by Crippen LogP contribution is 2.21. The van der Waals surface area contributed by atoms with Crippen molar-refractivity contribution in [1.82, 2.24) is 25.5 Å². The molecule has 10 nitrogen and oxygen atoms in total. The summed E-state index contributed by atoms with van der Waals surface area (Å²) in [6.07, 6.45) is 4.96. The largest absolute Gasteiger partial charge is 0.463 e. The zero-order chi connectivity index (χ0) is 19.4. The van der Waals surface area contributed by atoms with Crippen LogP contribution in [0.25, 0.3) is 0 Å². The molecule has 2 rings (SSSR count).